The molecule has 0 saturated carbocycles. The molecule has 0 saturated heterocycles. The largest absolute Gasteiger partial charge is 0.457 e. The first kappa shape index (κ1) is 17.5. The van der Waals surface area contributed by atoms with Gasteiger partial charge in [0.25, 0.3) is 0 Å². The summed E-state index contributed by atoms with van der Waals surface area (Å²) < 4.78 is 11.1. The van der Waals surface area contributed by atoms with Crippen molar-refractivity contribution in [3.8, 4) is 0 Å². The van der Waals surface area contributed by atoms with Gasteiger partial charge in [-0.1, -0.05) is 60.7 Å². The van der Waals surface area contributed by atoms with Gasteiger partial charge in [-0.3, -0.25) is 4.90 Å². The first-order valence-corrected chi connectivity index (χ1v) is 8.57. The summed E-state index contributed by atoms with van der Waals surface area (Å²) in [4.78, 5) is 2.21. The highest BCUT2D eigenvalue weighted by Gasteiger charge is 2.32. The summed E-state index contributed by atoms with van der Waals surface area (Å²) in [6, 6.07) is 20.6. The van der Waals surface area contributed by atoms with Crippen molar-refractivity contribution in [2.45, 2.75) is 38.8 Å². The number of hydrogen-bond acceptors (Lipinski definition) is 4. The highest BCUT2D eigenvalue weighted by Crippen LogP contribution is 2.27. The summed E-state index contributed by atoms with van der Waals surface area (Å²) in [5.41, 5.74) is 2.42. The van der Waals surface area contributed by atoms with E-state index in [0.717, 1.165) is 13.1 Å². The maximum Gasteiger partial charge on any atom is 0.244 e. The third-order valence-corrected chi connectivity index (χ3v) is 4.08. The normalized spacial score (nSPS) is 16.9. The van der Waals surface area contributed by atoms with Gasteiger partial charge in [-0.05, 0) is 11.1 Å². The van der Waals surface area contributed by atoms with Crippen molar-refractivity contribution in [1.29, 1.82) is 0 Å². The van der Waals surface area contributed by atoms with Gasteiger partial charge >= 0.3 is 0 Å². The number of ether oxygens (including phenoxy) is 2. The molecule has 0 bridgehead atoms. The monoisotopic (exact) mass is 339 g/mol. The summed E-state index contributed by atoms with van der Waals surface area (Å²) in [7, 11) is 0. The molecule has 1 aliphatic rings. The molecule has 0 fully saturated rings. The van der Waals surface area contributed by atoms with Crippen molar-refractivity contribution < 1.29 is 14.6 Å². The Morgan fingerprint density at radius 2 is 1.44 bits per heavy atom. The topological polar surface area (TPSA) is 41.9 Å². The van der Waals surface area contributed by atoms with Gasteiger partial charge in [0, 0.05) is 33.5 Å². The second-order valence-corrected chi connectivity index (χ2v) is 6.80. The maximum absolute atomic E-state index is 10.6. The van der Waals surface area contributed by atoms with Crippen LogP contribution in [0, 0.1) is 0 Å². The van der Waals surface area contributed by atoms with Crippen LogP contribution in [0.15, 0.2) is 72.7 Å². The van der Waals surface area contributed by atoms with Crippen LogP contribution in [0.2, 0.25) is 0 Å². The molecule has 4 heteroatoms. The smallest absolute Gasteiger partial charge is 0.244 e. The van der Waals surface area contributed by atoms with Gasteiger partial charge < -0.3 is 14.6 Å². The third kappa shape index (κ3) is 5.08. The van der Waals surface area contributed by atoms with E-state index in [-0.39, 0.29) is 0 Å². The van der Waals surface area contributed by atoms with E-state index in [1.807, 2.05) is 50.2 Å². The summed E-state index contributed by atoms with van der Waals surface area (Å²) in [6.07, 6.45) is 0.794. The van der Waals surface area contributed by atoms with E-state index in [4.69, 9.17) is 9.47 Å². The molecule has 4 nitrogen and oxygen atoms in total. The molecule has 132 valence electrons. The quantitative estimate of drug-likeness (QED) is 0.836. The summed E-state index contributed by atoms with van der Waals surface area (Å²) in [5.74, 6) is -0.226. The molecule has 0 spiro atoms. The van der Waals surface area contributed by atoms with Crippen LogP contribution in [0.4, 0.5) is 0 Å². The Morgan fingerprint density at radius 1 is 0.920 bits per heavy atom. The second kappa shape index (κ2) is 7.72. The molecule has 1 N–H and O–H groups in total. The highest BCUT2D eigenvalue weighted by molar-refractivity contribution is 5.17. The van der Waals surface area contributed by atoms with Crippen LogP contribution in [0.1, 0.15) is 25.0 Å². The van der Waals surface area contributed by atoms with Gasteiger partial charge in [0.05, 0.1) is 0 Å². The van der Waals surface area contributed by atoms with Crippen molar-refractivity contribution in [3.63, 3.8) is 0 Å². The van der Waals surface area contributed by atoms with E-state index in [1.54, 1.807) is 0 Å². The first-order valence-electron chi connectivity index (χ1n) is 8.57. The molecule has 1 atom stereocenters. The third-order valence-electron chi connectivity index (χ3n) is 4.08. The zero-order chi connectivity index (χ0) is 17.7. The molecule has 2 aromatic rings. The van der Waals surface area contributed by atoms with Crippen molar-refractivity contribution in [3.05, 3.63) is 83.8 Å². The standard InChI is InChI=1S/C21H25NO3/c1-21(2)24-16-20(25-21)19(23)15-22(13-17-9-5-3-6-10-17)14-18-11-7-4-8-12-18/h3-12,16,19,23H,13-15H2,1-2H3. The molecule has 1 aliphatic heterocycles. The van der Waals surface area contributed by atoms with Gasteiger partial charge in [0.2, 0.25) is 5.79 Å². The average Bonchev–Trinajstić information content (AvgIpc) is 2.97. The van der Waals surface area contributed by atoms with E-state index in [0.29, 0.717) is 12.3 Å². The zero-order valence-electron chi connectivity index (χ0n) is 14.8. The minimum atomic E-state index is -0.728. The fraction of sp³-hybridized carbons (Fsp3) is 0.333. The first-order chi connectivity index (χ1) is 12.0. The molecular formula is C21H25NO3. The van der Waals surface area contributed by atoms with Crippen LogP contribution >= 0.6 is 0 Å². The average molecular weight is 339 g/mol. The molecule has 25 heavy (non-hydrogen) atoms. The number of aliphatic hydroxyl groups is 1. The lowest BCUT2D eigenvalue weighted by molar-refractivity contribution is -0.125. The predicted octanol–water partition coefficient (Wildman–Crippen LogP) is 3.67. The molecule has 0 aliphatic carbocycles. The lowest BCUT2D eigenvalue weighted by Crippen LogP contribution is -2.34. The minimum absolute atomic E-state index is 0.467. The predicted molar refractivity (Wildman–Crippen MR) is 97.3 cm³/mol. The fourth-order valence-corrected chi connectivity index (χ4v) is 2.88. The number of benzene rings is 2. The van der Waals surface area contributed by atoms with Crippen molar-refractivity contribution >= 4 is 0 Å². The molecule has 0 amide bonds. The van der Waals surface area contributed by atoms with Crippen molar-refractivity contribution in [1.82, 2.24) is 4.90 Å². The molecule has 3 rings (SSSR count). The van der Waals surface area contributed by atoms with Gasteiger partial charge in [0.15, 0.2) is 5.76 Å². The maximum atomic E-state index is 10.6. The lowest BCUT2D eigenvalue weighted by atomic mass is 10.1. The summed E-state index contributed by atoms with van der Waals surface area (Å²) in [6.45, 7) is 5.63. The van der Waals surface area contributed by atoms with Gasteiger partial charge in [-0.2, -0.15) is 0 Å². The van der Waals surface area contributed by atoms with Crippen LogP contribution in [0.25, 0.3) is 0 Å². The minimum Gasteiger partial charge on any atom is -0.457 e. The van der Waals surface area contributed by atoms with Crippen LogP contribution in [-0.2, 0) is 22.6 Å². The van der Waals surface area contributed by atoms with Gasteiger partial charge in [-0.25, -0.2) is 0 Å². The fourth-order valence-electron chi connectivity index (χ4n) is 2.88. The van der Waals surface area contributed by atoms with Crippen LogP contribution < -0.4 is 0 Å². The molecule has 0 aromatic heterocycles. The van der Waals surface area contributed by atoms with E-state index < -0.39 is 11.9 Å². The van der Waals surface area contributed by atoms with E-state index in [2.05, 4.69) is 29.2 Å². The molecule has 1 heterocycles. The Labute approximate surface area is 149 Å². The van der Waals surface area contributed by atoms with Gasteiger partial charge in [-0.15, -0.1) is 0 Å². The Balaban J connectivity index is 1.69. The number of nitrogens with zero attached hydrogens (tertiary/aromatic N) is 1. The number of aliphatic hydroxyl groups excluding tert-OH is 1. The SMILES string of the molecule is CC1(C)OC=C(C(O)CN(Cc2ccccc2)Cc2ccccc2)O1. The summed E-state index contributed by atoms with van der Waals surface area (Å²) >= 11 is 0. The van der Waals surface area contributed by atoms with Gasteiger partial charge in [0.1, 0.15) is 12.4 Å². The zero-order valence-corrected chi connectivity index (χ0v) is 14.8. The van der Waals surface area contributed by atoms with Crippen LogP contribution in [0.3, 0.4) is 0 Å². The van der Waals surface area contributed by atoms with Crippen LogP contribution in [-0.4, -0.2) is 28.4 Å². The van der Waals surface area contributed by atoms with E-state index in [1.165, 1.54) is 17.4 Å². The molecule has 0 radical (unpaired) electrons. The van der Waals surface area contributed by atoms with E-state index in [9.17, 15) is 5.11 Å². The van der Waals surface area contributed by atoms with Crippen molar-refractivity contribution in [2.75, 3.05) is 6.54 Å². The molecule has 1 unspecified atom stereocenters. The second-order valence-electron chi connectivity index (χ2n) is 6.80. The summed E-state index contributed by atoms with van der Waals surface area (Å²) in [5, 5.41) is 10.6. The Hall–Kier alpha value is -2.30. The Kier molecular flexibility index (Phi) is 5.41. The number of rotatable bonds is 7. The Morgan fingerprint density at radius 3 is 1.88 bits per heavy atom. The Bertz CT molecular complexity index is 656. The van der Waals surface area contributed by atoms with Crippen LogP contribution in [0.5, 0.6) is 0 Å². The lowest BCUT2D eigenvalue weighted by Gasteiger charge is -2.26. The highest BCUT2D eigenvalue weighted by atomic mass is 16.7. The number of hydrogen-bond donors (Lipinski definition) is 1. The van der Waals surface area contributed by atoms with E-state index >= 15 is 0 Å². The molecule has 2 aromatic carbocycles. The van der Waals surface area contributed by atoms with Crippen molar-refractivity contribution in [2.24, 2.45) is 0 Å². The molecular weight excluding hydrogens is 314 g/mol.